The van der Waals surface area contributed by atoms with Crippen molar-refractivity contribution in [3.05, 3.63) is 35.4 Å². The van der Waals surface area contributed by atoms with E-state index >= 15 is 0 Å². The fourth-order valence-electron chi connectivity index (χ4n) is 3.27. The minimum atomic E-state index is -0.214. The fourth-order valence-corrected chi connectivity index (χ4v) is 3.27. The molecule has 2 rings (SSSR count). The lowest BCUT2D eigenvalue weighted by Gasteiger charge is -2.33. The van der Waals surface area contributed by atoms with Gasteiger partial charge in [0.25, 0.3) is 0 Å². The highest BCUT2D eigenvalue weighted by Crippen LogP contribution is 2.25. The SMILES string of the molecule is Cc1ccccc1CNC(=O)C(C)N(C)CC1CCCCC1O. The number of aliphatic hydroxyl groups excluding tert-OH is 1. The molecule has 1 aromatic carbocycles. The van der Waals surface area contributed by atoms with Crippen LogP contribution in [0, 0.1) is 12.8 Å². The van der Waals surface area contributed by atoms with E-state index in [9.17, 15) is 9.90 Å². The number of nitrogens with zero attached hydrogens (tertiary/aromatic N) is 1. The zero-order valence-corrected chi connectivity index (χ0v) is 14.6. The molecule has 0 aliphatic heterocycles. The van der Waals surface area contributed by atoms with Gasteiger partial charge in [-0.3, -0.25) is 9.69 Å². The Bertz CT molecular complexity index is 518. The number of hydrogen-bond acceptors (Lipinski definition) is 3. The average Bonchev–Trinajstić information content (AvgIpc) is 2.55. The second-order valence-corrected chi connectivity index (χ2v) is 6.87. The molecule has 1 amide bonds. The number of rotatable bonds is 6. The number of aliphatic hydroxyl groups is 1. The van der Waals surface area contributed by atoms with Gasteiger partial charge in [-0.25, -0.2) is 0 Å². The van der Waals surface area contributed by atoms with Crippen molar-refractivity contribution in [3.8, 4) is 0 Å². The van der Waals surface area contributed by atoms with E-state index in [1.54, 1.807) is 0 Å². The third-order valence-electron chi connectivity index (χ3n) is 5.15. The molecule has 23 heavy (non-hydrogen) atoms. The molecule has 128 valence electrons. The monoisotopic (exact) mass is 318 g/mol. The lowest BCUT2D eigenvalue weighted by molar-refractivity contribution is -0.126. The normalized spacial score (nSPS) is 22.8. The van der Waals surface area contributed by atoms with Crippen LogP contribution in [0.1, 0.15) is 43.7 Å². The Hall–Kier alpha value is -1.39. The highest BCUT2D eigenvalue weighted by molar-refractivity contribution is 5.81. The molecular weight excluding hydrogens is 288 g/mol. The highest BCUT2D eigenvalue weighted by atomic mass is 16.3. The largest absolute Gasteiger partial charge is 0.393 e. The Morgan fingerprint density at radius 1 is 1.35 bits per heavy atom. The van der Waals surface area contributed by atoms with Crippen LogP contribution in [0.2, 0.25) is 0 Å². The van der Waals surface area contributed by atoms with E-state index in [1.165, 1.54) is 12.0 Å². The third-order valence-corrected chi connectivity index (χ3v) is 5.15. The lowest BCUT2D eigenvalue weighted by Crippen LogP contribution is -2.46. The Morgan fingerprint density at radius 3 is 2.74 bits per heavy atom. The summed E-state index contributed by atoms with van der Waals surface area (Å²) in [5.74, 6) is 0.335. The van der Waals surface area contributed by atoms with Crippen molar-refractivity contribution in [2.75, 3.05) is 13.6 Å². The molecular formula is C19H30N2O2. The number of carbonyl (C=O) groups excluding carboxylic acids is 1. The van der Waals surface area contributed by atoms with Gasteiger partial charge in [0.05, 0.1) is 12.1 Å². The standard InChI is InChI=1S/C19H30N2O2/c1-14-8-4-5-9-16(14)12-20-19(23)15(2)21(3)13-17-10-6-7-11-18(17)22/h4-5,8-9,15,17-18,22H,6-7,10-13H2,1-3H3,(H,20,23). The van der Waals surface area contributed by atoms with Crippen molar-refractivity contribution in [1.29, 1.82) is 0 Å². The molecule has 1 fully saturated rings. The first-order valence-electron chi connectivity index (χ1n) is 8.69. The predicted molar refractivity (Wildman–Crippen MR) is 93.1 cm³/mol. The molecule has 1 aromatic rings. The van der Waals surface area contributed by atoms with Gasteiger partial charge in [-0.05, 0) is 50.8 Å². The first-order chi connectivity index (χ1) is 11.0. The van der Waals surface area contributed by atoms with Crippen LogP contribution in [0.4, 0.5) is 0 Å². The molecule has 1 saturated carbocycles. The minimum absolute atomic E-state index is 0.0426. The Kier molecular flexibility index (Phi) is 6.60. The number of likely N-dealkylation sites (N-methyl/N-ethyl adjacent to an activating group) is 1. The summed E-state index contributed by atoms with van der Waals surface area (Å²) in [7, 11) is 1.97. The molecule has 0 saturated heterocycles. The van der Waals surface area contributed by atoms with E-state index in [1.807, 2.05) is 32.2 Å². The Labute approximate surface area is 139 Å². The van der Waals surface area contributed by atoms with Crippen molar-refractivity contribution < 1.29 is 9.90 Å². The van der Waals surface area contributed by atoms with Crippen molar-refractivity contribution in [2.24, 2.45) is 5.92 Å². The minimum Gasteiger partial charge on any atom is -0.393 e. The summed E-state index contributed by atoms with van der Waals surface area (Å²) >= 11 is 0. The summed E-state index contributed by atoms with van der Waals surface area (Å²) < 4.78 is 0. The van der Waals surface area contributed by atoms with Gasteiger partial charge in [-0.1, -0.05) is 37.1 Å². The van der Waals surface area contributed by atoms with Crippen LogP contribution in [0.5, 0.6) is 0 Å². The van der Waals surface area contributed by atoms with Crippen molar-refractivity contribution in [1.82, 2.24) is 10.2 Å². The molecule has 0 heterocycles. The number of carbonyl (C=O) groups is 1. The number of amides is 1. The molecule has 2 N–H and O–H groups in total. The van der Waals surface area contributed by atoms with Crippen LogP contribution in [-0.4, -0.2) is 41.7 Å². The maximum absolute atomic E-state index is 12.4. The number of hydrogen-bond donors (Lipinski definition) is 2. The number of aryl methyl sites for hydroxylation is 1. The predicted octanol–water partition coefficient (Wildman–Crippen LogP) is 2.48. The molecule has 1 aliphatic rings. The molecule has 0 radical (unpaired) electrons. The Balaban J connectivity index is 1.82. The first-order valence-corrected chi connectivity index (χ1v) is 8.69. The van der Waals surface area contributed by atoms with E-state index in [-0.39, 0.29) is 18.1 Å². The molecule has 0 bridgehead atoms. The second kappa shape index (κ2) is 8.46. The molecule has 4 nitrogen and oxygen atoms in total. The summed E-state index contributed by atoms with van der Waals surface area (Å²) in [6, 6.07) is 7.92. The van der Waals surface area contributed by atoms with Gasteiger partial charge >= 0.3 is 0 Å². The lowest BCUT2D eigenvalue weighted by atomic mass is 9.86. The van der Waals surface area contributed by atoms with Gasteiger partial charge in [0, 0.05) is 13.1 Å². The molecule has 3 unspecified atom stereocenters. The second-order valence-electron chi connectivity index (χ2n) is 6.87. The van der Waals surface area contributed by atoms with E-state index in [4.69, 9.17) is 0 Å². The van der Waals surface area contributed by atoms with Crippen LogP contribution in [0.25, 0.3) is 0 Å². The molecule has 0 aromatic heterocycles. The summed E-state index contributed by atoms with van der Waals surface area (Å²) in [5, 5.41) is 13.1. The number of nitrogens with one attached hydrogen (secondary N) is 1. The smallest absolute Gasteiger partial charge is 0.237 e. The van der Waals surface area contributed by atoms with Crippen molar-refractivity contribution in [3.63, 3.8) is 0 Å². The molecule has 3 atom stereocenters. The molecule has 0 spiro atoms. The van der Waals surface area contributed by atoms with E-state index < -0.39 is 0 Å². The van der Waals surface area contributed by atoms with Crippen LogP contribution in [0.15, 0.2) is 24.3 Å². The van der Waals surface area contributed by atoms with Crippen LogP contribution < -0.4 is 5.32 Å². The summed E-state index contributed by atoms with van der Waals surface area (Å²) in [5.41, 5.74) is 2.34. The van der Waals surface area contributed by atoms with Gasteiger partial charge < -0.3 is 10.4 Å². The molecule has 1 aliphatic carbocycles. The quantitative estimate of drug-likeness (QED) is 0.847. The maximum Gasteiger partial charge on any atom is 0.237 e. The average molecular weight is 318 g/mol. The van der Waals surface area contributed by atoms with Crippen molar-refractivity contribution in [2.45, 2.75) is 58.2 Å². The third kappa shape index (κ3) is 5.05. The van der Waals surface area contributed by atoms with Crippen LogP contribution >= 0.6 is 0 Å². The highest BCUT2D eigenvalue weighted by Gasteiger charge is 2.27. The fraction of sp³-hybridized carbons (Fsp3) is 0.632. The number of benzene rings is 1. The summed E-state index contributed by atoms with van der Waals surface area (Å²) in [6.07, 6.45) is 4.04. The van der Waals surface area contributed by atoms with Crippen LogP contribution in [-0.2, 0) is 11.3 Å². The van der Waals surface area contributed by atoms with Gasteiger partial charge in [0.15, 0.2) is 0 Å². The maximum atomic E-state index is 12.4. The zero-order valence-electron chi connectivity index (χ0n) is 14.6. The van der Waals surface area contributed by atoms with Gasteiger partial charge in [-0.2, -0.15) is 0 Å². The van der Waals surface area contributed by atoms with Gasteiger partial charge in [-0.15, -0.1) is 0 Å². The first kappa shape index (κ1) is 18.0. The van der Waals surface area contributed by atoms with Gasteiger partial charge in [0.1, 0.15) is 0 Å². The van der Waals surface area contributed by atoms with E-state index in [2.05, 4.69) is 23.2 Å². The van der Waals surface area contributed by atoms with Gasteiger partial charge in [0.2, 0.25) is 5.91 Å². The zero-order chi connectivity index (χ0) is 16.8. The summed E-state index contributed by atoms with van der Waals surface area (Å²) in [6.45, 7) is 5.33. The molecule has 4 heteroatoms. The van der Waals surface area contributed by atoms with E-state index in [0.717, 1.165) is 31.4 Å². The van der Waals surface area contributed by atoms with Crippen molar-refractivity contribution >= 4 is 5.91 Å². The Morgan fingerprint density at radius 2 is 2.04 bits per heavy atom. The van der Waals surface area contributed by atoms with Crippen LogP contribution in [0.3, 0.4) is 0 Å². The summed E-state index contributed by atoms with van der Waals surface area (Å²) in [4.78, 5) is 14.4. The topological polar surface area (TPSA) is 52.6 Å². The van der Waals surface area contributed by atoms with E-state index in [0.29, 0.717) is 12.5 Å².